The largest absolute Gasteiger partial charge is 0.370 e. The minimum Gasteiger partial charge on any atom is -0.370 e. The van der Waals surface area contributed by atoms with Crippen LogP contribution in [0.2, 0.25) is 0 Å². The Kier molecular flexibility index (Phi) is 7.63. The van der Waals surface area contributed by atoms with E-state index < -0.39 is 0 Å². The predicted molar refractivity (Wildman–Crippen MR) is 81.8 cm³/mol. The highest BCUT2D eigenvalue weighted by atomic mass is 35.5. The number of aliphatic imine (C=N–C) groups is 1. The van der Waals surface area contributed by atoms with Crippen LogP contribution in [0.15, 0.2) is 48.0 Å². The first-order valence-corrected chi connectivity index (χ1v) is 5.33. The summed E-state index contributed by atoms with van der Waals surface area (Å²) < 4.78 is 2.01. The van der Waals surface area contributed by atoms with Crippen LogP contribution in [0.1, 0.15) is 11.1 Å². The number of guanidine groups is 1. The zero-order valence-corrected chi connectivity index (χ0v) is 11.9. The van der Waals surface area contributed by atoms with Gasteiger partial charge in [-0.05, 0) is 11.1 Å². The molecule has 2 rings (SSSR count). The second-order valence-corrected chi connectivity index (χ2v) is 3.80. The molecule has 7 heteroatoms. The van der Waals surface area contributed by atoms with Crippen molar-refractivity contribution >= 4 is 30.8 Å². The van der Waals surface area contributed by atoms with Crippen molar-refractivity contribution in [2.75, 3.05) is 0 Å². The topological polar surface area (TPSA) is 82.2 Å². The van der Waals surface area contributed by atoms with Crippen molar-refractivity contribution in [2.24, 2.45) is 16.5 Å². The summed E-state index contributed by atoms with van der Waals surface area (Å²) in [6.45, 7) is 1.32. The van der Waals surface area contributed by atoms with E-state index in [0.717, 1.165) is 12.1 Å². The number of halogens is 2. The third kappa shape index (κ3) is 5.63. The lowest BCUT2D eigenvalue weighted by Gasteiger charge is -2.04. The highest BCUT2D eigenvalue weighted by Gasteiger charge is 1.97. The van der Waals surface area contributed by atoms with Gasteiger partial charge in [0.25, 0.3) is 0 Å². The highest BCUT2D eigenvalue weighted by molar-refractivity contribution is 5.85. The minimum absolute atomic E-state index is 0. The normalized spacial score (nSPS) is 9.05. The molecule has 1 aromatic heterocycles. The Morgan fingerprint density at radius 3 is 2.58 bits per heavy atom. The summed E-state index contributed by atoms with van der Waals surface area (Å²) in [5.74, 6) is 0.116. The van der Waals surface area contributed by atoms with E-state index in [4.69, 9.17) is 11.5 Å². The maximum Gasteiger partial charge on any atom is 0.186 e. The highest BCUT2D eigenvalue weighted by Crippen LogP contribution is 2.08. The van der Waals surface area contributed by atoms with Crippen LogP contribution in [0, 0.1) is 0 Å². The van der Waals surface area contributed by atoms with Crippen molar-refractivity contribution in [2.45, 2.75) is 13.1 Å². The van der Waals surface area contributed by atoms with E-state index in [0.29, 0.717) is 6.54 Å². The predicted octanol–water partition coefficient (Wildman–Crippen LogP) is 1.55. The number of aromatic nitrogens is 2. The Morgan fingerprint density at radius 1 is 1.21 bits per heavy atom. The fourth-order valence-electron chi connectivity index (χ4n) is 1.60. The van der Waals surface area contributed by atoms with E-state index in [9.17, 15) is 0 Å². The first-order valence-electron chi connectivity index (χ1n) is 5.33. The Morgan fingerprint density at radius 2 is 1.95 bits per heavy atom. The van der Waals surface area contributed by atoms with E-state index >= 15 is 0 Å². The lowest BCUT2D eigenvalue weighted by molar-refractivity contribution is 0.795. The molecule has 19 heavy (non-hydrogen) atoms. The molecule has 5 nitrogen and oxygen atoms in total. The van der Waals surface area contributed by atoms with E-state index in [1.54, 1.807) is 12.5 Å². The summed E-state index contributed by atoms with van der Waals surface area (Å²) in [7, 11) is 0. The van der Waals surface area contributed by atoms with Crippen molar-refractivity contribution < 1.29 is 0 Å². The van der Waals surface area contributed by atoms with Gasteiger partial charge in [-0.1, -0.05) is 24.3 Å². The third-order valence-electron chi connectivity index (χ3n) is 2.36. The van der Waals surface area contributed by atoms with Crippen LogP contribution >= 0.6 is 24.8 Å². The van der Waals surface area contributed by atoms with Gasteiger partial charge in [0.2, 0.25) is 0 Å². The van der Waals surface area contributed by atoms with Gasteiger partial charge in [0.15, 0.2) is 5.96 Å². The molecular weight excluding hydrogens is 285 g/mol. The van der Waals surface area contributed by atoms with Gasteiger partial charge in [-0.2, -0.15) is 0 Å². The van der Waals surface area contributed by atoms with Crippen molar-refractivity contribution in [3.63, 3.8) is 0 Å². The molecule has 0 radical (unpaired) electrons. The molecule has 0 aliphatic heterocycles. The molecule has 0 atom stereocenters. The van der Waals surface area contributed by atoms with Gasteiger partial charge in [-0.15, -0.1) is 24.8 Å². The smallest absolute Gasteiger partial charge is 0.186 e. The fraction of sp³-hybridized carbons (Fsp3) is 0.167. The van der Waals surface area contributed by atoms with E-state index in [-0.39, 0.29) is 30.8 Å². The van der Waals surface area contributed by atoms with Crippen molar-refractivity contribution in [3.8, 4) is 0 Å². The molecule has 2 aromatic rings. The van der Waals surface area contributed by atoms with E-state index in [1.165, 1.54) is 5.56 Å². The molecule has 0 amide bonds. The maximum atomic E-state index is 5.30. The molecule has 0 aliphatic rings. The summed E-state index contributed by atoms with van der Waals surface area (Å²) in [4.78, 5) is 7.99. The monoisotopic (exact) mass is 301 g/mol. The number of rotatable bonds is 4. The minimum atomic E-state index is 0. The molecule has 0 saturated carbocycles. The first kappa shape index (κ1) is 17.3. The SMILES string of the molecule is Cl.Cl.NC(N)=NCc1cccc(Cn2ccnc2)c1. The lowest BCUT2D eigenvalue weighted by Crippen LogP contribution is -2.22. The second-order valence-electron chi connectivity index (χ2n) is 3.80. The number of benzene rings is 1. The van der Waals surface area contributed by atoms with Gasteiger partial charge in [-0.25, -0.2) is 9.98 Å². The molecule has 0 aliphatic carbocycles. The standard InChI is InChI=1S/C12H15N5.2ClH/c13-12(14)16-7-10-2-1-3-11(6-10)8-17-5-4-15-9-17;;/h1-6,9H,7-8H2,(H4,13,14,16);2*1H. The van der Waals surface area contributed by atoms with Crippen LogP contribution in [-0.4, -0.2) is 15.5 Å². The zero-order valence-electron chi connectivity index (χ0n) is 10.3. The molecule has 1 heterocycles. The average molecular weight is 302 g/mol. The lowest BCUT2D eigenvalue weighted by atomic mass is 10.1. The van der Waals surface area contributed by atoms with Gasteiger partial charge < -0.3 is 16.0 Å². The molecule has 0 fully saturated rings. The van der Waals surface area contributed by atoms with Crippen LogP contribution in [0.4, 0.5) is 0 Å². The Balaban J connectivity index is 0.00000162. The number of hydrogen-bond acceptors (Lipinski definition) is 2. The molecule has 0 saturated heterocycles. The van der Waals surface area contributed by atoms with Gasteiger partial charge in [-0.3, -0.25) is 0 Å². The number of nitrogens with zero attached hydrogens (tertiary/aromatic N) is 3. The number of nitrogens with two attached hydrogens (primary N) is 2. The average Bonchev–Trinajstić information content (AvgIpc) is 2.80. The zero-order chi connectivity index (χ0) is 12.1. The molecule has 104 valence electrons. The Bertz CT molecular complexity index is 507. The molecule has 0 spiro atoms. The maximum absolute atomic E-state index is 5.30. The van der Waals surface area contributed by atoms with Crippen molar-refractivity contribution in [1.29, 1.82) is 0 Å². The molecule has 0 unspecified atom stereocenters. The summed E-state index contributed by atoms with van der Waals surface area (Å²) in [6, 6.07) is 8.17. The van der Waals surface area contributed by atoms with Crippen LogP contribution in [0.5, 0.6) is 0 Å². The second kappa shape index (κ2) is 8.39. The van der Waals surface area contributed by atoms with Gasteiger partial charge in [0, 0.05) is 18.9 Å². The molecule has 4 N–H and O–H groups in total. The molecular formula is C12H17Cl2N5. The van der Waals surface area contributed by atoms with Crippen LogP contribution in [0.3, 0.4) is 0 Å². The van der Waals surface area contributed by atoms with Crippen molar-refractivity contribution in [3.05, 3.63) is 54.1 Å². The summed E-state index contributed by atoms with van der Waals surface area (Å²) >= 11 is 0. The third-order valence-corrected chi connectivity index (χ3v) is 2.36. The first-order chi connectivity index (χ1) is 8.24. The Hall–Kier alpha value is -1.72. The molecule has 0 bridgehead atoms. The van der Waals surface area contributed by atoms with Crippen molar-refractivity contribution in [1.82, 2.24) is 9.55 Å². The number of hydrogen-bond donors (Lipinski definition) is 2. The molecule has 1 aromatic carbocycles. The number of imidazole rings is 1. The van der Waals surface area contributed by atoms with E-state index in [2.05, 4.69) is 22.1 Å². The summed E-state index contributed by atoms with van der Waals surface area (Å²) in [5, 5.41) is 0. The van der Waals surface area contributed by atoms with Gasteiger partial charge in [0.1, 0.15) is 0 Å². The quantitative estimate of drug-likeness (QED) is 0.664. The van der Waals surface area contributed by atoms with Crippen LogP contribution in [0.25, 0.3) is 0 Å². The van der Waals surface area contributed by atoms with Gasteiger partial charge in [0.05, 0.1) is 12.9 Å². The fourth-order valence-corrected chi connectivity index (χ4v) is 1.60. The van der Waals surface area contributed by atoms with Crippen LogP contribution < -0.4 is 11.5 Å². The summed E-state index contributed by atoms with van der Waals surface area (Å²) in [5.41, 5.74) is 12.9. The Labute approximate surface area is 124 Å². The van der Waals surface area contributed by atoms with E-state index in [1.807, 2.05) is 22.9 Å². The summed E-state index contributed by atoms with van der Waals surface area (Å²) in [6.07, 6.45) is 5.49. The van der Waals surface area contributed by atoms with Crippen LogP contribution in [-0.2, 0) is 13.1 Å². The van der Waals surface area contributed by atoms with Gasteiger partial charge >= 0.3 is 0 Å².